The van der Waals surface area contributed by atoms with E-state index in [1.165, 1.54) is 6.07 Å². The summed E-state index contributed by atoms with van der Waals surface area (Å²) in [5, 5.41) is 3.31. The summed E-state index contributed by atoms with van der Waals surface area (Å²) in [6.45, 7) is 3.32. The third-order valence-corrected chi connectivity index (χ3v) is 3.88. The van der Waals surface area contributed by atoms with Crippen molar-refractivity contribution >= 4 is 40.7 Å². The maximum absolute atomic E-state index is 12.1. The number of nitrogens with one attached hydrogen (secondary N) is 1. The number of amides is 2. The number of hydrogen-bond acceptors (Lipinski definition) is 2. The molecule has 0 bridgehead atoms. The van der Waals surface area contributed by atoms with E-state index in [-0.39, 0.29) is 0 Å². The van der Waals surface area contributed by atoms with Gasteiger partial charge in [-0.05, 0) is 37.0 Å². The molecule has 1 unspecified atom stereocenters. The highest BCUT2D eigenvalue weighted by Gasteiger charge is 2.26. The van der Waals surface area contributed by atoms with E-state index in [0.717, 1.165) is 12.8 Å². The molecule has 1 heterocycles. The number of piperidine rings is 1. The van der Waals surface area contributed by atoms with Crippen LogP contribution in [-0.2, 0) is 9.59 Å². The number of rotatable bonds is 1. The second-order valence-corrected chi connectivity index (χ2v) is 5.92. The number of hydrogen-bond donors (Lipinski definition) is 1. The molecule has 2 amide bonds. The predicted molar refractivity (Wildman–Crippen MR) is 80.1 cm³/mol. The van der Waals surface area contributed by atoms with Crippen molar-refractivity contribution in [1.82, 2.24) is 4.90 Å². The molecule has 1 atom stereocenters. The minimum absolute atomic E-state index is 0.350. The van der Waals surface area contributed by atoms with Crippen LogP contribution in [0.15, 0.2) is 18.2 Å². The second kappa shape index (κ2) is 6.46. The highest BCUT2D eigenvalue weighted by molar-refractivity contribution is 6.42. The van der Waals surface area contributed by atoms with Gasteiger partial charge in [0.1, 0.15) is 0 Å². The first-order valence-electron chi connectivity index (χ1n) is 6.52. The number of benzene rings is 1. The normalized spacial score (nSPS) is 18.8. The van der Waals surface area contributed by atoms with Crippen molar-refractivity contribution in [2.24, 2.45) is 5.92 Å². The van der Waals surface area contributed by atoms with Crippen LogP contribution in [0.1, 0.15) is 19.8 Å². The van der Waals surface area contributed by atoms with Crippen LogP contribution in [-0.4, -0.2) is 29.8 Å². The third-order valence-electron chi connectivity index (χ3n) is 3.32. The van der Waals surface area contributed by atoms with Crippen LogP contribution >= 0.6 is 23.2 Å². The zero-order valence-electron chi connectivity index (χ0n) is 11.2. The van der Waals surface area contributed by atoms with Crippen LogP contribution in [0.4, 0.5) is 5.69 Å². The molecular weight excluding hydrogens is 299 g/mol. The quantitative estimate of drug-likeness (QED) is 0.809. The highest BCUT2D eigenvalue weighted by Crippen LogP contribution is 2.25. The van der Waals surface area contributed by atoms with E-state index in [2.05, 4.69) is 12.2 Å². The Kier molecular flexibility index (Phi) is 4.89. The Bertz CT molecular complexity index is 534. The van der Waals surface area contributed by atoms with Crippen molar-refractivity contribution in [2.75, 3.05) is 18.4 Å². The van der Waals surface area contributed by atoms with Gasteiger partial charge in [0.2, 0.25) is 0 Å². The Labute approximate surface area is 128 Å². The summed E-state index contributed by atoms with van der Waals surface area (Å²) < 4.78 is 0. The number of carbonyl (C=O) groups excluding carboxylic acids is 2. The fraction of sp³-hybridized carbons (Fsp3) is 0.429. The highest BCUT2D eigenvalue weighted by atomic mass is 35.5. The van der Waals surface area contributed by atoms with E-state index < -0.39 is 11.8 Å². The fourth-order valence-corrected chi connectivity index (χ4v) is 2.62. The summed E-state index contributed by atoms with van der Waals surface area (Å²) in [5.41, 5.74) is 0.350. The molecule has 20 heavy (non-hydrogen) atoms. The first kappa shape index (κ1) is 15.1. The summed E-state index contributed by atoms with van der Waals surface area (Å²) >= 11 is 11.8. The topological polar surface area (TPSA) is 49.4 Å². The number of carbonyl (C=O) groups is 2. The van der Waals surface area contributed by atoms with E-state index in [1.807, 2.05) is 0 Å². The molecule has 1 saturated heterocycles. The zero-order chi connectivity index (χ0) is 14.7. The van der Waals surface area contributed by atoms with E-state index in [0.29, 0.717) is 34.7 Å². The van der Waals surface area contributed by atoms with Gasteiger partial charge in [0.15, 0.2) is 0 Å². The van der Waals surface area contributed by atoms with Gasteiger partial charge >= 0.3 is 11.8 Å². The van der Waals surface area contributed by atoms with Crippen molar-refractivity contribution in [3.63, 3.8) is 0 Å². The van der Waals surface area contributed by atoms with E-state index in [1.54, 1.807) is 17.0 Å². The van der Waals surface area contributed by atoms with E-state index in [9.17, 15) is 9.59 Å². The third kappa shape index (κ3) is 3.64. The lowest BCUT2D eigenvalue weighted by molar-refractivity contribution is -0.144. The molecule has 0 saturated carbocycles. The lowest BCUT2D eigenvalue weighted by Gasteiger charge is -2.30. The van der Waals surface area contributed by atoms with Crippen LogP contribution in [0.2, 0.25) is 10.0 Å². The molecule has 1 fully saturated rings. The van der Waals surface area contributed by atoms with Gasteiger partial charge in [0.25, 0.3) is 0 Å². The molecule has 0 radical (unpaired) electrons. The summed E-state index contributed by atoms with van der Waals surface area (Å²) in [6, 6.07) is 4.72. The molecule has 2 rings (SSSR count). The molecule has 0 aliphatic carbocycles. The van der Waals surface area contributed by atoms with Gasteiger partial charge in [-0.1, -0.05) is 30.1 Å². The van der Waals surface area contributed by atoms with Crippen LogP contribution < -0.4 is 5.32 Å². The monoisotopic (exact) mass is 314 g/mol. The predicted octanol–water partition coefficient (Wildman–Crippen LogP) is 3.19. The fourth-order valence-electron chi connectivity index (χ4n) is 2.29. The van der Waals surface area contributed by atoms with Crippen molar-refractivity contribution < 1.29 is 9.59 Å². The summed E-state index contributed by atoms with van der Waals surface area (Å²) in [6.07, 6.45) is 2.02. The standard InChI is InChI=1S/C14H16Cl2N2O2/c1-9-3-2-6-18(8-9)14(20)13(19)17-12-7-10(15)4-5-11(12)16/h4-5,7,9H,2-3,6,8H2,1H3,(H,17,19). The Morgan fingerprint density at radius 3 is 2.80 bits per heavy atom. The molecule has 1 N–H and O–H groups in total. The number of nitrogens with zero attached hydrogens (tertiary/aromatic N) is 1. The second-order valence-electron chi connectivity index (χ2n) is 5.08. The van der Waals surface area contributed by atoms with Gasteiger partial charge in [-0.2, -0.15) is 0 Å². The molecule has 1 aliphatic heterocycles. The molecule has 108 valence electrons. The number of halogens is 2. The van der Waals surface area contributed by atoms with Gasteiger partial charge in [-0.25, -0.2) is 0 Å². The molecular formula is C14H16Cl2N2O2. The summed E-state index contributed by atoms with van der Waals surface area (Å²) in [7, 11) is 0. The van der Waals surface area contributed by atoms with Crippen LogP contribution in [0.5, 0.6) is 0 Å². The van der Waals surface area contributed by atoms with Crippen molar-refractivity contribution in [2.45, 2.75) is 19.8 Å². The smallest absolute Gasteiger partial charge is 0.313 e. The average molecular weight is 315 g/mol. The SMILES string of the molecule is CC1CCCN(C(=O)C(=O)Nc2cc(Cl)ccc2Cl)C1. The van der Waals surface area contributed by atoms with Gasteiger partial charge in [0.05, 0.1) is 10.7 Å². The van der Waals surface area contributed by atoms with Gasteiger partial charge in [0, 0.05) is 18.1 Å². The maximum Gasteiger partial charge on any atom is 0.313 e. The Balaban J connectivity index is 2.04. The first-order chi connectivity index (χ1) is 9.47. The van der Waals surface area contributed by atoms with Crippen molar-refractivity contribution in [3.05, 3.63) is 28.2 Å². The summed E-state index contributed by atoms with van der Waals surface area (Å²) in [4.78, 5) is 25.6. The molecule has 0 aromatic heterocycles. The first-order valence-corrected chi connectivity index (χ1v) is 7.28. The van der Waals surface area contributed by atoms with Gasteiger partial charge < -0.3 is 10.2 Å². The molecule has 4 nitrogen and oxygen atoms in total. The van der Waals surface area contributed by atoms with Gasteiger partial charge in [-0.15, -0.1) is 0 Å². The number of anilines is 1. The Morgan fingerprint density at radius 1 is 1.35 bits per heavy atom. The van der Waals surface area contributed by atoms with E-state index in [4.69, 9.17) is 23.2 Å². The maximum atomic E-state index is 12.1. The minimum atomic E-state index is -0.678. The molecule has 6 heteroatoms. The minimum Gasteiger partial charge on any atom is -0.334 e. The van der Waals surface area contributed by atoms with Crippen LogP contribution in [0.3, 0.4) is 0 Å². The molecule has 1 aromatic carbocycles. The van der Waals surface area contributed by atoms with Crippen molar-refractivity contribution in [3.8, 4) is 0 Å². The Hall–Kier alpha value is -1.26. The molecule has 0 spiro atoms. The lowest BCUT2D eigenvalue weighted by Crippen LogP contribution is -2.44. The average Bonchev–Trinajstić information content (AvgIpc) is 2.42. The largest absolute Gasteiger partial charge is 0.334 e. The molecule has 1 aliphatic rings. The summed E-state index contributed by atoms with van der Waals surface area (Å²) in [5.74, 6) is -0.772. The van der Waals surface area contributed by atoms with E-state index >= 15 is 0 Å². The number of likely N-dealkylation sites (tertiary alicyclic amines) is 1. The Morgan fingerprint density at radius 2 is 2.10 bits per heavy atom. The van der Waals surface area contributed by atoms with Crippen LogP contribution in [0.25, 0.3) is 0 Å². The van der Waals surface area contributed by atoms with Gasteiger partial charge in [-0.3, -0.25) is 9.59 Å². The van der Waals surface area contributed by atoms with Crippen LogP contribution in [0, 0.1) is 5.92 Å². The lowest BCUT2D eigenvalue weighted by atomic mass is 10.0. The zero-order valence-corrected chi connectivity index (χ0v) is 12.7. The van der Waals surface area contributed by atoms with Crippen molar-refractivity contribution in [1.29, 1.82) is 0 Å². The molecule has 1 aromatic rings.